The van der Waals surface area contributed by atoms with Crippen LogP contribution in [0.4, 0.5) is 11.4 Å². The van der Waals surface area contributed by atoms with Gasteiger partial charge in [-0.3, -0.25) is 24.1 Å². The van der Waals surface area contributed by atoms with Gasteiger partial charge in [-0.25, -0.2) is 4.90 Å². The number of phenols is 1. The maximum absolute atomic E-state index is 14.4. The van der Waals surface area contributed by atoms with E-state index in [9.17, 15) is 24.3 Å². The Hall–Kier alpha value is -4.24. The number of phenolic OH excluding ortho intramolecular Hbond substituents is 1. The number of anilines is 2. The molecule has 2 heterocycles. The summed E-state index contributed by atoms with van der Waals surface area (Å²) in [6, 6.07) is 20.7. The molecular formula is C34H29BrN2O6. The highest BCUT2D eigenvalue weighted by Gasteiger charge is 2.68. The van der Waals surface area contributed by atoms with E-state index in [1.165, 1.54) is 23.0 Å². The Morgan fingerprint density at radius 3 is 2.26 bits per heavy atom. The number of halogens is 1. The van der Waals surface area contributed by atoms with Gasteiger partial charge >= 0.3 is 0 Å². The molecule has 8 nitrogen and oxygen atoms in total. The fourth-order valence-electron chi connectivity index (χ4n) is 7.92. The SMILES string of the molecule is COc1ccc(O)c(C2C3=CCC4C(=O)N(c5ccc(Br)cc5)C(=O)C4C3CC3C(=O)N(c4ccccc4)C(=O)C32C)c1. The monoisotopic (exact) mass is 640 g/mol. The van der Waals surface area contributed by atoms with Crippen molar-refractivity contribution in [2.45, 2.75) is 25.7 Å². The summed E-state index contributed by atoms with van der Waals surface area (Å²) in [5.74, 6) is -4.03. The van der Waals surface area contributed by atoms with Crippen LogP contribution in [0.25, 0.3) is 0 Å². The van der Waals surface area contributed by atoms with Crippen molar-refractivity contribution >= 4 is 50.9 Å². The number of aromatic hydroxyl groups is 1. The molecule has 9 heteroatoms. The molecule has 1 N–H and O–H groups in total. The van der Waals surface area contributed by atoms with E-state index in [2.05, 4.69) is 15.9 Å². The first kappa shape index (κ1) is 27.6. The number of hydrogen-bond acceptors (Lipinski definition) is 6. The minimum atomic E-state index is -1.25. The van der Waals surface area contributed by atoms with Crippen LogP contribution in [0.15, 0.2) is 88.9 Å². The van der Waals surface area contributed by atoms with E-state index in [4.69, 9.17) is 4.74 Å². The third kappa shape index (κ3) is 3.87. The molecule has 2 aliphatic carbocycles. The fourth-order valence-corrected chi connectivity index (χ4v) is 8.18. The van der Waals surface area contributed by atoms with Crippen LogP contribution in [0.5, 0.6) is 11.5 Å². The van der Waals surface area contributed by atoms with Gasteiger partial charge in [-0.1, -0.05) is 45.8 Å². The fraction of sp³-hybridized carbons (Fsp3) is 0.294. The van der Waals surface area contributed by atoms with E-state index in [1.807, 2.05) is 12.1 Å². The summed E-state index contributed by atoms with van der Waals surface area (Å²) < 4.78 is 6.32. The molecule has 7 rings (SSSR count). The molecule has 6 atom stereocenters. The third-order valence-electron chi connectivity index (χ3n) is 9.92. The number of benzene rings is 3. The molecule has 3 aromatic carbocycles. The Morgan fingerprint density at radius 1 is 0.860 bits per heavy atom. The number of ether oxygens (including phenoxy) is 1. The maximum atomic E-state index is 14.4. The van der Waals surface area contributed by atoms with Crippen molar-refractivity contribution in [2.24, 2.45) is 29.1 Å². The first-order valence-electron chi connectivity index (χ1n) is 14.3. The number of carbonyl (C=O) groups excluding carboxylic acids is 4. The van der Waals surface area contributed by atoms with E-state index in [0.29, 0.717) is 29.1 Å². The van der Waals surface area contributed by atoms with Crippen molar-refractivity contribution in [2.75, 3.05) is 16.9 Å². The second-order valence-corrected chi connectivity index (χ2v) is 12.8. The lowest BCUT2D eigenvalue weighted by molar-refractivity contribution is -0.131. The summed E-state index contributed by atoms with van der Waals surface area (Å²) in [7, 11) is 1.52. The minimum Gasteiger partial charge on any atom is -0.508 e. The Labute approximate surface area is 257 Å². The molecule has 2 saturated heterocycles. The molecule has 218 valence electrons. The van der Waals surface area contributed by atoms with Gasteiger partial charge in [0, 0.05) is 16.0 Å². The Kier molecular flexibility index (Phi) is 6.36. The largest absolute Gasteiger partial charge is 0.508 e. The number of hydrogen-bond donors (Lipinski definition) is 1. The number of methoxy groups -OCH3 is 1. The highest BCUT2D eigenvalue weighted by atomic mass is 79.9. The summed E-state index contributed by atoms with van der Waals surface area (Å²) in [5.41, 5.74) is 0.991. The van der Waals surface area contributed by atoms with Gasteiger partial charge in [0.25, 0.3) is 0 Å². The molecular weight excluding hydrogens is 612 g/mol. The highest BCUT2D eigenvalue weighted by Crippen LogP contribution is 2.64. The van der Waals surface area contributed by atoms with Gasteiger partial charge < -0.3 is 9.84 Å². The lowest BCUT2D eigenvalue weighted by Gasteiger charge is -2.49. The van der Waals surface area contributed by atoms with Crippen LogP contribution in [0, 0.1) is 29.1 Å². The average molecular weight is 642 g/mol. The standard InChI is InChI=1S/C34H29BrN2O6/c1-34-26(31(40)37(33(34)42)19-6-4-3-5-7-19)17-24-22(29(34)25-16-21(43-2)12-15-27(25)38)13-14-23-28(24)32(41)36(30(23)39)20-10-8-18(35)9-11-20/h3-13,15-16,23-24,26,28-29,38H,14,17H2,1-2H3. The Bertz CT molecular complexity index is 1720. The Morgan fingerprint density at radius 2 is 1.56 bits per heavy atom. The molecule has 0 bridgehead atoms. The second kappa shape index (κ2) is 9.91. The number of allylic oxidation sites excluding steroid dienone is 2. The number of rotatable bonds is 4. The van der Waals surface area contributed by atoms with Crippen LogP contribution in [0.1, 0.15) is 31.2 Å². The molecule has 3 aromatic rings. The van der Waals surface area contributed by atoms with E-state index < -0.39 is 35.0 Å². The third-order valence-corrected chi connectivity index (χ3v) is 10.4. The van der Waals surface area contributed by atoms with Gasteiger partial charge in [0.1, 0.15) is 11.5 Å². The lowest BCUT2D eigenvalue weighted by Crippen LogP contribution is -2.48. The molecule has 1 saturated carbocycles. The number of fused-ring (bicyclic) bond motifs is 4. The summed E-state index contributed by atoms with van der Waals surface area (Å²) in [4.78, 5) is 59.0. The first-order valence-corrected chi connectivity index (χ1v) is 15.1. The quantitative estimate of drug-likeness (QED) is 0.294. The summed E-state index contributed by atoms with van der Waals surface area (Å²) >= 11 is 3.41. The van der Waals surface area contributed by atoms with Crippen molar-refractivity contribution in [3.8, 4) is 11.5 Å². The van der Waals surface area contributed by atoms with Crippen molar-refractivity contribution < 1.29 is 29.0 Å². The molecule has 4 amide bonds. The minimum absolute atomic E-state index is 0.0295. The highest BCUT2D eigenvalue weighted by molar-refractivity contribution is 9.10. The lowest BCUT2D eigenvalue weighted by atomic mass is 9.51. The van der Waals surface area contributed by atoms with Crippen LogP contribution < -0.4 is 14.5 Å². The number of carbonyl (C=O) groups is 4. The summed E-state index contributed by atoms with van der Waals surface area (Å²) in [6.07, 6.45) is 2.53. The second-order valence-electron chi connectivity index (χ2n) is 11.9. The molecule has 0 spiro atoms. The average Bonchev–Trinajstić information content (AvgIpc) is 3.38. The topological polar surface area (TPSA) is 104 Å². The molecule has 3 fully saturated rings. The predicted molar refractivity (Wildman–Crippen MR) is 162 cm³/mol. The molecule has 4 aliphatic rings. The van der Waals surface area contributed by atoms with Crippen LogP contribution in [-0.4, -0.2) is 35.8 Å². The van der Waals surface area contributed by atoms with Crippen molar-refractivity contribution in [1.29, 1.82) is 0 Å². The van der Waals surface area contributed by atoms with E-state index >= 15 is 0 Å². The van der Waals surface area contributed by atoms with Gasteiger partial charge in [-0.15, -0.1) is 0 Å². The van der Waals surface area contributed by atoms with E-state index in [-0.39, 0.29) is 35.8 Å². The zero-order chi connectivity index (χ0) is 30.2. The maximum Gasteiger partial charge on any atom is 0.241 e. The van der Waals surface area contributed by atoms with Gasteiger partial charge in [0.15, 0.2) is 0 Å². The number of para-hydroxylation sites is 1. The Balaban J connectivity index is 1.39. The smallest absolute Gasteiger partial charge is 0.241 e. The van der Waals surface area contributed by atoms with Crippen LogP contribution >= 0.6 is 15.9 Å². The summed E-state index contributed by atoms with van der Waals surface area (Å²) in [5, 5.41) is 11.2. The van der Waals surface area contributed by atoms with Gasteiger partial charge in [0.05, 0.1) is 41.7 Å². The molecule has 43 heavy (non-hydrogen) atoms. The van der Waals surface area contributed by atoms with Gasteiger partial charge in [0.2, 0.25) is 23.6 Å². The van der Waals surface area contributed by atoms with Crippen LogP contribution in [0.3, 0.4) is 0 Å². The van der Waals surface area contributed by atoms with E-state index in [0.717, 1.165) is 10.0 Å². The normalized spacial score (nSPS) is 29.7. The van der Waals surface area contributed by atoms with Crippen molar-refractivity contribution in [3.05, 3.63) is 94.5 Å². The van der Waals surface area contributed by atoms with Crippen molar-refractivity contribution in [3.63, 3.8) is 0 Å². The van der Waals surface area contributed by atoms with Crippen LogP contribution in [0.2, 0.25) is 0 Å². The number of imide groups is 2. The van der Waals surface area contributed by atoms with Gasteiger partial charge in [-0.05, 0) is 80.3 Å². The molecule has 0 aromatic heterocycles. The van der Waals surface area contributed by atoms with Crippen LogP contribution in [-0.2, 0) is 19.2 Å². The molecule has 6 unspecified atom stereocenters. The number of amides is 4. The van der Waals surface area contributed by atoms with Gasteiger partial charge in [-0.2, -0.15) is 0 Å². The predicted octanol–water partition coefficient (Wildman–Crippen LogP) is 5.60. The van der Waals surface area contributed by atoms with E-state index in [1.54, 1.807) is 67.6 Å². The molecule has 0 radical (unpaired) electrons. The zero-order valence-corrected chi connectivity index (χ0v) is 25.2. The summed E-state index contributed by atoms with van der Waals surface area (Å²) in [6.45, 7) is 1.79. The zero-order valence-electron chi connectivity index (χ0n) is 23.6. The number of nitrogens with zero attached hydrogens (tertiary/aromatic N) is 2. The molecule has 2 aliphatic heterocycles. The first-order chi connectivity index (χ1) is 20.7. The van der Waals surface area contributed by atoms with Crippen molar-refractivity contribution in [1.82, 2.24) is 0 Å².